The fraction of sp³-hybridized carbons (Fsp3) is 0.619. The van der Waals surface area contributed by atoms with Gasteiger partial charge in [0.15, 0.2) is 0 Å². The van der Waals surface area contributed by atoms with E-state index in [0.29, 0.717) is 18.8 Å². The highest BCUT2D eigenvalue weighted by atomic mass is 35.5. The maximum absolute atomic E-state index is 12.9. The number of rotatable bonds is 8. The van der Waals surface area contributed by atoms with Crippen LogP contribution in [0.5, 0.6) is 0 Å². The molecule has 1 N–H and O–H groups in total. The minimum absolute atomic E-state index is 0.0444. The Morgan fingerprint density at radius 3 is 2.33 bits per heavy atom. The van der Waals surface area contributed by atoms with Crippen molar-refractivity contribution in [1.29, 1.82) is 0 Å². The Bertz CT molecular complexity index is 610. The first kappa shape index (κ1) is 21.7. The molecular weight excluding hydrogens is 362 g/mol. The summed E-state index contributed by atoms with van der Waals surface area (Å²) >= 11 is 5.89. The molecule has 0 aliphatic carbocycles. The van der Waals surface area contributed by atoms with E-state index in [2.05, 4.69) is 31.1 Å². The zero-order valence-electron chi connectivity index (χ0n) is 16.7. The number of carbonyl (C=O) groups is 2. The maximum Gasteiger partial charge on any atom is 0.245 e. The van der Waals surface area contributed by atoms with Gasteiger partial charge in [-0.1, -0.05) is 37.6 Å². The van der Waals surface area contributed by atoms with Crippen LogP contribution in [-0.2, 0) is 16.0 Å². The molecule has 1 saturated heterocycles. The molecule has 0 unspecified atom stereocenters. The largest absolute Gasteiger partial charge is 0.344 e. The summed E-state index contributed by atoms with van der Waals surface area (Å²) in [5.74, 6) is 0.362. The molecule has 6 heteroatoms. The number of nitrogens with one attached hydrogen (secondary N) is 1. The van der Waals surface area contributed by atoms with Crippen LogP contribution in [0.1, 0.15) is 38.7 Å². The fourth-order valence-electron chi connectivity index (χ4n) is 3.31. The van der Waals surface area contributed by atoms with E-state index >= 15 is 0 Å². The molecule has 1 aromatic carbocycles. The average Bonchev–Trinajstić information content (AvgIpc) is 2.62. The third kappa shape index (κ3) is 7.51. The molecule has 1 fully saturated rings. The van der Waals surface area contributed by atoms with Gasteiger partial charge in [-0.2, -0.15) is 0 Å². The molecule has 150 valence electrons. The van der Waals surface area contributed by atoms with E-state index in [0.717, 1.165) is 44.0 Å². The highest BCUT2D eigenvalue weighted by Crippen LogP contribution is 2.13. The molecule has 0 bridgehead atoms. The predicted octanol–water partition coefficient (Wildman–Crippen LogP) is 2.97. The van der Waals surface area contributed by atoms with Gasteiger partial charge in [-0.05, 0) is 49.9 Å². The molecule has 0 aromatic heterocycles. The molecule has 1 aromatic rings. The first-order chi connectivity index (χ1) is 12.8. The second kappa shape index (κ2) is 10.7. The van der Waals surface area contributed by atoms with E-state index in [1.165, 1.54) is 5.56 Å². The molecule has 1 aliphatic heterocycles. The van der Waals surface area contributed by atoms with Gasteiger partial charge in [0, 0.05) is 37.6 Å². The van der Waals surface area contributed by atoms with Crippen LogP contribution in [0.3, 0.4) is 0 Å². The molecule has 5 nitrogen and oxygen atoms in total. The number of carbonyl (C=O) groups excluding carboxylic acids is 2. The summed E-state index contributed by atoms with van der Waals surface area (Å²) in [6.45, 7) is 7.39. The van der Waals surface area contributed by atoms with Gasteiger partial charge in [0.05, 0.1) is 0 Å². The maximum atomic E-state index is 12.9. The van der Waals surface area contributed by atoms with Gasteiger partial charge in [-0.15, -0.1) is 0 Å². The summed E-state index contributed by atoms with van der Waals surface area (Å²) < 4.78 is 0. The zero-order chi connectivity index (χ0) is 19.8. The lowest BCUT2D eigenvalue weighted by Gasteiger charge is -2.35. The minimum atomic E-state index is -0.420. The molecule has 1 aliphatic rings. The van der Waals surface area contributed by atoms with Crippen molar-refractivity contribution in [2.24, 2.45) is 5.92 Å². The Morgan fingerprint density at radius 1 is 1.11 bits per heavy atom. The predicted molar refractivity (Wildman–Crippen MR) is 110 cm³/mol. The monoisotopic (exact) mass is 393 g/mol. The number of amides is 2. The van der Waals surface area contributed by atoms with Crippen molar-refractivity contribution in [2.45, 2.75) is 45.6 Å². The van der Waals surface area contributed by atoms with E-state index in [1.54, 1.807) is 0 Å². The summed E-state index contributed by atoms with van der Waals surface area (Å²) in [6.07, 6.45) is 2.68. The van der Waals surface area contributed by atoms with Gasteiger partial charge >= 0.3 is 0 Å². The molecule has 1 heterocycles. The quantitative estimate of drug-likeness (QED) is 0.738. The topological polar surface area (TPSA) is 52.7 Å². The van der Waals surface area contributed by atoms with E-state index < -0.39 is 6.04 Å². The van der Waals surface area contributed by atoms with E-state index in [1.807, 2.05) is 29.2 Å². The Balaban J connectivity index is 1.83. The first-order valence-corrected chi connectivity index (χ1v) is 10.2. The Kier molecular flexibility index (Phi) is 8.58. The van der Waals surface area contributed by atoms with Crippen molar-refractivity contribution >= 4 is 23.4 Å². The van der Waals surface area contributed by atoms with Gasteiger partial charge in [-0.3, -0.25) is 9.59 Å². The summed E-state index contributed by atoms with van der Waals surface area (Å²) in [5, 5.41) is 3.71. The zero-order valence-corrected chi connectivity index (χ0v) is 17.5. The minimum Gasteiger partial charge on any atom is -0.344 e. The van der Waals surface area contributed by atoms with Crippen LogP contribution in [0.2, 0.25) is 5.02 Å². The highest BCUT2D eigenvalue weighted by molar-refractivity contribution is 6.30. The number of hydrogen-bond donors (Lipinski definition) is 1. The van der Waals surface area contributed by atoms with Crippen LogP contribution in [0, 0.1) is 5.92 Å². The number of piperazine rings is 1. The SMILES string of the molecule is CC(C)C[C@H](NC(=O)CCCc1ccc(Cl)cc1)C(=O)N1CCN(C)CC1. The molecule has 0 spiro atoms. The van der Waals surface area contributed by atoms with Crippen molar-refractivity contribution in [1.82, 2.24) is 15.1 Å². The lowest BCUT2D eigenvalue weighted by atomic mass is 10.0. The number of likely N-dealkylation sites (N-methyl/N-ethyl adjacent to an activating group) is 1. The number of hydrogen-bond acceptors (Lipinski definition) is 3. The summed E-state index contributed by atoms with van der Waals surface area (Å²) in [6, 6.07) is 7.28. The number of aryl methyl sites for hydroxylation is 1. The lowest BCUT2D eigenvalue weighted by molar-refractivity contribution is -0.138. The Morgan fingerprint density at radius 2 is 1.74 bits per heavy atom. The van der Waals surface area contributed by atoms with Crippen LogP contribution in [0.25, 0.3) is 0 Å². The van der Waals surface area contributed by atoms with Crippen LogP contribution in [-0.4, -0.2) is 60.9 Å². The van der Waals surface area contributed by atoms with Gasteiger partial charge in [-0.25, -0.2) is 0 Å². The van der Waals surface area contributed by atoms with E-state index in [4.69, 9.17) is 11.6 Å². The normalized spacial score (nSPS) is 16.4. The van der Waals surface area contributed by atoms with Gasteiger partial charge in [0.1, 0.15) is 6.04 Å². The molecular formula is C21H32ClN3O2. The molecule has 2 rings (SSSR count). The van der Waals surface area contributed by atoms with Crippen LogP contribution < -0.4 is 5.32 Å². The number of halogens is 1. The smallest absolute Gasteiger partial charge is 0.245 e. The second-order valence-electron chi connectivity index (χ2n) is 7.86. The molecule has 0 saturated carbocycles. The van der Waals surface area contributed by atoms with Gasteiger partial charge in [0.25, 0.3) is 0 Å². The Labute approximate surface area is 168 Å². The van der Waals surface area contributed by atoms with Crippen LogP contribution in [0.15, 0.2) is 24.3 Å². The van der Waals surface area contributed by atoms with Crippen molar-refractivity contribution in [2.75, 3.05) is 33.2 Å². The molecule has 0 radical (unpaired) electrons. The van der Waals surface area contributed by atoms with Crippen molar-refractivity contribution in [3.05, 3.63) is 34.9 Å². The summed E-state index contributed by atoms with van der Waals surface area (Å²) in [4.78, 5) is 29.4. The van der Waals surface area contributed by atoms with Crippen LogP contribution >= 0.6 is 11.6 Å². The lowest BCUT2D eigenvalue weighted by Crippen LogP contribution is -2.54. The van der Waals surface area contributed by atoms with Crippen LogP contribution in [0.4, 0.5) is 0 Å². The van der Waals surface area contributed by atoms with E-state index in [-0.39, 0.29) is 11.8 Å². The third-order valence-corrected chi connectivity index (χ3v) is 5.19. The molecule has 27 heavy (non-hydrogen) atoms. The van der Waals surface area contributed by atoms with Crippen molar-refractivity contribution < 1.29 is 9.59 Å². The van der Waals surface area contributed by atoms with Crippen molar-refractivity contribution in [3.8, 4) is 0 Å². The molecule has 1 atom stereocenters. The molecule has 2 amide bonds. The third-order valence-electron chi connectivity index (χ3n) is 4.94. The summed E-state index contributed by atoms with van der Waals surface area (Å²) in [7, 11) is 2.07. The number of benzene rings is 1. The standard InChI is InChI=1S/C21H32ClN3O2/c1-16(2)15-19(21(27)25-13-11-24(3)12-14-25)23-20(26)6-4-5-17-7-9-18(22)10-8-17/h7-10,16,19H,4-6,11-15H2,1-3H3,(H,23,26)/t19-/m0/s1. The van der Waals surface area contributed by atoms with E-state index in [9.17, 15) is 9.59 Å². The first-order valence-electron chi connectivity index (χ1n) is 9.86. The number of nitrogens with zero attached hydrogens (tertiary/aromatic N) is 2. The second-order valence-corrected chi connectivity index (χ2v) is 8.29. The fourth-order valence-corrected chi connectivity index (χ4v) is 3.44. The van der Waals surface area contributed by atoms with Gasteiger partial charge in [0.2, 0.25) is 11.8 Å². The average molecular weight is 394 g/mol. The Hall–Kier alpha value is -1.59. The van der Waals surface area contributed by atoms with Gasteiger partial charge < -0.3 is 15.1 Å². The van der Waals surface area contributed by atoms with Crippen molar-refractivity contribution in [3.63, 3.8) is 0 Å². The highest BCUT2D eigenvalue weighted by Gasteiger charge is 2.28. The summed E-state index contributed by atoms with van der Waals surface area (Å²) in [5.41, 5.74) is 1.17.